The quantitative estimate of drug-likeness (QED) is 0.572. The first-order valence-electron chi connectivity index (χ1n) is 3.58. The van der Waals surface area contributed by atoms with Gasteiger partial charge in [0.1, 0.15) is 0 Å². The Morgan fingerprint density at radius 1 is 1.25 bits per heavy atom. The van der Waals surface area contributed by atoms with Crippen LogP contribution in [0.1, 0.15) is 21.5 Å². The van der Waals surface area contributed by atoms with Gasteiger partial charge in [0.15, 0.2) is 5.78 Å². The van der Waals surface area contributed by atoms with Crippen molar-refractivity contribution in [2.45, 2.75) is 0 Å². The molecule has 56 valence electrons. The molecule has 0 fully saturated rings. The van der Waals surface area contributed by atoms with Gasteiger partial charge in [0, 0.05) is 5.56 Å². The van der Waals surface area contributed by atoms with Gasteiger partial charge in [-0.3, -0.25) is 4.79 Å². The average Bonchev–Trinajstić information content (AvgIpc) is 2.47. The number of nitrogens with zero attached hydrogens (tertiary/aromatic N) is 1. The fourth-order valence-electron chi connectivity index (χ4n) is 1.25. The summed E-state index contributed by atoms with van der Waals surface area (Å²) in [7, 11) is 0. The molecule has 0 amide bonds. The Morgan fingerprint density at radius 2 is 2.08 bits per heavy atom. The number of carbonyl (C=O) groups is 1. The fraction of sp³-hybridized carbons (Fsp3) is 0. The summed E-state index contributed by atoms with van der Waals surface area (Å²) >= 11 is 0. The van der Waals surface area contributed by atoms with Gasteiger partial charge in [-0.2, -0.15) is 5.26 Å². The first-order chi connectivity index (χ1) is 5.81. The maximum absolute atomic E-state index is 11.1. The molecule has 0 atom stereocenters. The van der Waals surface area contributed by atoms with E-state index in [-0.39, 0.29) is 5.78 Å². The molecule has 1 aliphatic rings. The molecule has 0 radical (unpaired) electrons. The highest BCUT2D eigenvalue weighted by molar-refractivity contribution is 6.13. The summed E-state index contributed by atoms with van der Waals surface area (Å²) < 4.78 is 0. The number of fused-ring (bicyclic) bond motifs is 1. The molecule has 0 unspecified atom stereocenters. The smallest absolute Gasteiger partial charge is 0.186 e. The number of hydrogen-bond donors (Lipinski definition) is 0. The van der Waals surface area contributed by atoms with E-state index < -0.39 is 0 Å². The molecule has 0 aliphatic heterocycles. The lowest BCUT2D eigenvalue weighted by Crippen LogP contribution is -1.91. The average molecular weight is 155 g/mol. The van der Waals surface area contributed by atoms with E-state index in [1.165, 1.54) is 6.08 Å². The van der Waals surface area contributed by atoms with Gasteiger partial charge in [-0.1, -0.05) is 6.08 Å². The molecule has 0 aromatic heterocycles. The molecular weight excluding hydrogens is 150 g/mol. The topological polar surface area (TPSA) is 40.9 Å². The first kappa shape index (κ1) is 6.81. The second-order valence-corrected chi connectivity index (χ2v) is 2.61. The summed E-state index contributed by atoms with van der Waals surface area (Å²) in [4.78, 5) is 11.1. The molecule has 0 spiro atoms. The van der Waals surface area contributed by atoms with Crippen LogP contribution in [0.2, 0.25) is 0 Å². The minimum absolute atomic E-state index is 0.0227. The molecule has 1 aliphatic carbocycles. The van der Waals surface area contributed by atoms with Crippen LogP contribution in [0.25, 0.3) is 6.08 Å². The number of allylic oxidation sites excluding steroid dienone is 1. The van der Waals surface area contributed by atoms with Gasteiger partial charge in [0.05, 0.1) is 11.6 Å². The van der Waals surface area contributed by atoms with Crippen LogP contribution in [0, 0.1) is 11.3 Å². The lowest BCUT2D eigenvalue weighted by atomic mass is 10.1. The van der Waals surface area contributed by atoms with Crippen molar-refractivity contribution in [1.29, 1.82) is 5.26 Å². The Bertz CT molecular complexity index is 424. The zero-order valence-electron chi connectivity index (χ0n) is 6.24. The summed E-state index contributed by atoms with van der Waals surface area (Å²) in [6.45, 7) is 0. The second-order valence-electron chi connectivity index (χ2n) is 2.61. The second kappa shape index (κ2) is 2.31. The van der Waals surface area contributed by atoms with Crippen molar-refractivity contribution in [3.63, 3.8) is 0 Å². The third-order valence-electron chi connectivity index (χ3n) is 1.86. The monoisotopic (exact) mass is 155 g/mol. The van der Waals surface area contributed by atoms with Crippen LogP contribution in [-0.4, -0.2) is 5.78 Å². The van der Waals surface area contributed by atoms with Crippen molar-refractivity contribution in [1.82, 2.24) is 0 Å². The maximum Gasteiger partial charge on any atom is 0.186 e. The summed E-state index contributed by atoms with van der Waals surface area (Å²) in [6, 6.07) is 7.09. The number of benzene rings is 1. The van der Waals surface area contributed by atoms with Crippen LogP contribution >= 0.6 is 0 Å². The normalized spacial score (nSPS) is 12.8. The number of rotatable bonds is 0. The molecular formula is C10H5NO. The summed E-state index contributed by atoms with van der Waals surface area (Å²) in [5.74, 6) is 0.0227. The van der Waals surface area contributed by atoms with E-state index in [0.29, 0.717) is 11.1 Å². The molecule has 2 rings (SSSR count). The zero-order chi connectivity index (χ0) is 8.55. The highest BCUT2D eigenvalue weighted by Gasteiger charge is 2.12. The standard InChI is InChI=1S/C10H5NO/c11-6-7-1-3-9-8(5-7)2-4-10(9)12/h1-5H. The van der Waals surface area contributed by atoms with E-state index in [9.17, 15) is 4.79 Å². The van der Waals surface area contributed by atoms with E-state index in [0.717, 1.165) is 5.56 Å². The highest BCUT2D eigenvalue weighted by Crippen LogP contribution is 2.20. The molecule has 1 aromatic carbocycles. The summed E-state index contributed by atoms with van der Waals surface area (Å²) in [5.41, 5.74) is 2.13. The number of carbonyl (C=O) groups excluding carboxylic acids is 1. The Balaban J connectivity index is 2.64. The van der Waals surface area contributed by atoms with Crippen LogP contribution in [0.3, 0.4) is 0 Å². The Kier molecular flexibility index (Phi) is 1.31. The van der Waals surface area contributed by atoms with E-state index in [1.54, 1.807) is 24.3 Å². The van der Waals surface area contributed by atoms with Crippen LogP contribution in [-0.2, 0) is 0 Å². The van der Waals surface area contributed by atoms with Crippen LogP contribution < -0.4 is 0 Å². The Labute approximate surface area is 69.7 Å². The van der Waals surface area contributed by atoms with Crippen molar-refractivity contribution in [3.05, 3.63) is 41.0 Å². The first-order valence-corrected chi connectivity index (χ1v) is 3.58. The van der Waals surface area contributed by atoms with Gasteiger partial charge >= 0.3 is 0 Å². The van der Waals surface area contributed by atoms with E-state index in [1.807, 2.05) is 6.07 Å². The summed E-state index contributed by atoms with van der Waals surface area (Å²) in [5, 5.41) is 8.58. The zero-order valence-corrected chi connectivity index (χ0v) is 6.24. The van der Waals surface area contributed by atoms with Gasteiger partial charge < -0.3 is 0 Å². The molecule has 0 saturated carbocycles. The summed E-state index contributed by atoms with van der Waals surface area (Å²) in [6.07, 6.45) is 3.25. The van der Waals surface area contributed by atoms with Crippen LogP contribution in [0.15, 0.2) is 24.3 Å². The third-order valence-corrected chi connectivity index (χ3v) is 1.86. The molecule has 2 nitrogen and oxygen atoms in total. The Hall–Kier alpha value is -1.88. The SMILES string of the molecule is N#Cc1ccc2c(c1)C=CC2=O. The molecule has 2 heteroatoms. The van der Waals surface area contributed by atoms with Crippen molar-refractivity contribution >= 4 is 11.9 Å². The lowest BCUT2D eigenvalue weighted by Gasteiger charge is -1.95. The molecule has 1 aromatic rings. The highest BCUT2D eigenvalue weighted by atomic mass is 16.1. The van der Waals surface area contributed by atoms with E-state index in [2.05, 4.69) is 0 Å². The van der Waals surface area contributed by atoms with Crippen molar-refractivity contribution in [2.75, 3.05) is 0 Å². The van der Waals surface area contributed by atoms with Gasteiger partial charge in [-0.25, -0.2) is 0 Å². The van der Waals surface area contributed by atoms with Crippen molar-refractivity contribution in [2.24, 2.45) is 0 Å². The predicted molar refractivity (Wildman–Crippen MR) is 44.5 cm³/mol. The Morgan fingerprint density at radius 3 is 2.83 bits per heavy atom. The minimum atomic E-state index is 0.0227. The van der Waals surface area contributed by atoms with Gasteiger partial charge in [0.25, 0.3) is 0 Å². The fourth-order valence-corrected chi connectivity index (χ4v) is 1.25. The van der Waals surface area contributed by atoms with E-state index >= 15 is 0 Å². The third kappa shape index (κ3) is 0.841. The van der Waals surface area contributed by atoms with Gasteiger partial charge in [-0.05, 0) is 29.8 Å². The van der Waals surface area contributed by atoms with Crippen LogP contribution in [0.4, 0.5) is 0 Å². The lowest BCUT2D eigenvalue weighted by molar-refractivity contribution is 0.105. The minimum Gasteiger partial charge on any atom is -0.289 e. The van der Waals surface area contributed by atoms with Gasteiger partial charge in [0.2, 0.25) is 0 Å². The molecule has 0 bridgehead atoms. The van der Waals surface area contributed by atoms with Crippen LogP contribution in [0.5, 0.6) is 0 Å². The van der Waals surface area contributed by atoms with Crippen molar-refractivity contribution < 1.29 is 4.79 Å². The van der Waals surface area contributed by atoms with Crippen molar-refractivity contribution in [3.8, 4) is 6.07 Å². The van der Waals surface area contributed by atoms with E-state index in [4.69, 9.17) is 5.26 Å². The number of ketones is 1. The molecule has 12 heavy (non-hydrogen) atoms. The number of hydrogen-bond acceptors (Lipinski definition) is 2. The molecule has 0 heterocycles. The maximum atomic E-state index is 11.1. The van der Waals surface area contributed by atoms with Gasteiger partial charge in [-0.15, -0.1) is 0 Å². The predicted octanol–water partition coefficient (Wildman–Crippen LogP) is 1.77. The molecule has 0 N–H and O–H groups in total. The number of nitriles is 1. The largest absolute Gasteiger partial charge is 0.289 e. The molecule has 0 saturated heterocycles.